The van der Waals surface area contributed by atoms with E-state index in [-0.39, 0.29) is 0 Å². The quantitative estimate of drug-likeness (QED) is 0.636. The highest BCUT2D eigenvalue weighted by Crippen LogP contribution is 2.35. The first-order chi connectivity index (χ1) is 7.29. The molecule has 1 saturated carbocycles. The zero-order chi connectivity index (χ0) is 10.7. The molecule has 0 aromatic heterocycles. The second kappa shape index (κ2) is 5.10. The Bertz CT molecular complexity index is 323. The van der Waals surface area contributed by atoms with Crippen LogP contribution in [0.2, 0.25) is 0 Å². The molecule has 3 N–H and O–H groups in total. The van der Waals surface area contributed by atoms with Crippen molar-refractivity contribution in [2.75, 3.05) is 0 Å². The van der Waals surface area contributed by atoms with Crippen molar-refractivity contribution in [3.05, 3.63) is 34.3 Å². The summed E-state index contributed by atoms with van der Waals surface area (Å²) in [6.07, 6.45) is 5.25. The van der Waals surface area contributed by atoms with E-state index in [1.807, 2.05) is 6.07 Å². The summed E-state index contributed by atoms with van der Waals surface area (Å²) in [6.45, 7) is 0. The minimum Gasteiger partial charge on any atom is -0.271 e. The molecule has 1 fully saturated rings. The first-order valence-corrected chi connectivity index (χ1v) is 6.30. The number of hydrazine groups is 1. The number of nitrogens with one attached hydrogen (secondary N) is 1. The van der Waals surface area contributed by atoms with E-state index in [2.05, 4.69) is 39.6 Å². The molecule has 0 bridgehead atoms. The lowest BCUT2D eigenvalue weighted by Gasteiger charge is -2.16. The maximum Gasteiger partial charge on any atom is 0.0460 e. The molecule has 1 atom stereocenters. The summed E-state index contributed by atoms with van der Waals surface area (Å²) in [5, 5.41) is 0. The molecule has 0 heterocycles. The Balaban J connectivity index is 1.97. The highest BCUT2D eigenvalue weighted by Gasteiger charge is 2.22. The Morgan fingerprint density at radius 3 is 2.87 bits per heavy atom. The topological polar surface area (TPSA) is 38.0 Å². The fraction of sp³-hybridized carbons (Fsp3) is 0.500. The van der Waals surface area contributed by atoms with Crippen molar-refractivity contribution in [1.29, 1.82) is 0 Å². The van der Waals surface area contributed by atoms with Crippen LogP contribution < -0.4 is 11.3 Å². The summed E-state index contributed by atoms with van der Waals surface area (Å²) < 4.78 is 1.12. The maximum absolute atomic E-state index is 5.60. The molecule has 2 nitrogen and oxygen atoms in total. The zero-order valence-electron chi connectivity index (χ0n) is 8.75. The van der Waals surface area contributed by atoms with Gasteiger partial charge in [-0.1, -0.05) is 40.9 Å². The van der Waals surface area contributed by atoms with Crippen molar-refractivity contribution < 1.29 is 0 Å². The lowest BCUT2D eigenvalue weighted by atomic mass is 10.0. The number of nitrogens with two attached hydrogens (primary N) is 1. The first-order valence-electron chi connectivity index (χ1n) is 5.51. The molecule has 1 aromatic carbocycles. The van der Waals surface area contributed by atoms with Crippen molar-refractivity contribution in [1.82, 2.24) is 5.43 Å². The van der Waals surface area contributed by atoms with Crippen LogP contribution in [0.1, 0.15) is 37.3 Å². The minimum atomic E-state index is 0.295. The maximum atomic E-state index is 5.60. The van der Waals surface area contributed by atoms with E-state index >= 15 is 0 Å². The summed E-state index contributed by atoms with van der Waals surface area (Å²) in [6, 6.07) is 8.65. The number of rotatable bonds is 5. The van der Waals surface area contributed by atoms with E-state index in [0.29, 0.717) is 6.04 Å². The van der Waals surface area contributed by atoms with E-state index < -0.39 is 0 Å². The fourth-order valence-corrected chi connectivity index (χ4v) is 2.30. The molecule has 0 spiro atoms. The van der Waals surface area contributed by atoms with Crippen LogP contribution in [0.15, 0.2) is 28.7 Å². The van der Waals surface area contributed by atoms with Crippen LogP contribution in [0.25, 0.3) is 0 Å². The molecule has 1 aliphatic carbocycles. The van der Waals surface area contributed by atoms with Gasteiger partial charge in [0.15, 0.2) is 0 Å². The molecule has 1 aliphatic rings. The van der Waals surface area contributed by atoms with E-state index in [1.165, 1.54) is 24.8 Å². The molecular weight excluding hydrogens is 252 g/mol. The van der Waals surface area contributed by atoms with Crippen LogP contribution in [0.5, 0.6) is 0 Å². The second-order valence-electron chi connectivity index (χ2n) is 4.29. The van der Waals surface area contributed by atoms with E-state index in [9.17, 15) is 0 Å². The zero-order valence-corrected chi connectivity index (χ0v) is 10.3. The monoisotopic (exact) mass is 268 g/mol. The van der Waals surface area contributed by atoms with Gasteiger partial charge in [0.1, 0.15) is 0 Å². The third-order valence-corrected chi connectivity index (χ3v) is 3.51. The van der Waals surface area contributed by atoms with Gasteiger partial charge in [0.25, 0.3) is 0 Å². The van der Waals surface area contributed by atoms with Gasteiger partial charge in [0.05, 0.1) is 0 Å². The van der Waals surface area contributed by atoms with Gasteiger partial charge in [-0.2, -0.15) is 0 Å². The molecule has 82 valence electrons. The summed E-state index contributed by atoms with van der Waals surface area (Å²) in [5.41, 5.74) is 4.18. The Hall–Kier alpha value is -0.380. The molecule has 0 saturated heterocycles. The van der Waals surface area contributed by atoms with Gasteiger partial charge < -0.3 is 0 Å². The Morgan fingerprint density at radius 1 is 1.47 bits per heavy atom. The fourth-order valence-electron chi connectivity index (χ4n) is 1.88. The van der Waals surface area contributed by atoms with Crippen molar-refractivity contribution in [3.8, 4) is 0 Å². The molecule has 0 aliphatic heterocycles. The summed E-state index contributed by atoms with van der Waals surface area (Å²) >= 11 is 3.48. The highest BCUT2D eigenvalue weighted by molar-refractivity contribution is 9.10. The third-order valence-electron chi connectivity index (χ3n) is 3.01. The van der Waals surface area contributed by atoms with Gasteiger partial charge in [-0.3, -0.25) is 11.3 Å². The van der Waals surface area contributed by atoms with Crippen LogP contribution in [-0.2, 0) is 0 Å². The lowest BCUT2D eigenvalue weighted by Crippen LogP contribution is -2.28. The van der Waals surface area contributed by atoms with Crippen LogP contribution in [0, 0.1) is 5.92 Å². The Labute approximate surface area is 99.3 Å². The van der Waals surface area contributed by atoms with Gasteiger partial charge in [-0.25, -0.2) is 0 Å². The van der Waals surface area contributed by atoms with Crippen LogP contribution >= 0.6 is 15.9 Å². The molecular formula is C12H17BrN2. The van der Waals surface area contributed by atoms with Gasteiger partial charge in [0.2, 0.25) is 0 Å². The number of halogens is 1. The largest absolute Gasteiger partial charge is 0.271 e. The van der Waals surface area contributed by atoms with Gasteiger partial charge in [-0.05, 0) is 36.5 Å². The minimum absolute atomic E-state index is 0.295. The Kier molecular flexibility index (Phi) is 3.78. The van der Waals surface area contributed by atoms with Crippen molar-refractivity contribution in [2.24, 2.45) is 11.8 Å². The van der Waals surface area contributed by atoms with Crippen molar-refractivity contribution in [2.45, 2.75) is 31.7 Å². The summed E-state index contributed by atoms with van der Waals surface area (Å²) in [4.78, 5) is 0. The first kappa shape index (κ1) is 11.1. The number of hydrogen-bond acceptors (Lipinski definition) is 2. The molecule has 3 heteroatoms. The lowest BCUT2D eigenvalue weighted by molar-refractivity contribution is 0.482. The SMILES string of the molecule is NNC(CCC1CC1)c1cccc(Br)c1. The van der Waals surface area contributed by atoms with Gasteiger partial charge in [0, 0.05) is 10.5 Å². The van der Waals surface area contributed by atoms with Crippen LogP contribution in [0.3, 0.4) is 0 Å². The average molecular weight is 269 g/mol. The van der Waals surface area contributed by atoms with Crippen LogP contribution in [-0.4, -0.2) is 0 Å². The third kappa shape index (κ3) is 3.30. The molecule has 2 rings (SSSR count). The smallest absolute Gasteiger partial charge is 0.0460 e. The predicted molar refractivity (Wildman–Crippen MR) is 66.2 cm³/mol. The molecule has 1 unspecified atom stereocenters. The molecule has 0 amide bonds. The van der Waals surface area contributed by atoms with E-state index in [0.717, 1.165) is 16.8 Å². The molecule has 15 heavy (non-hydrogen) atoms. The number of hydrogen-bond donors (Lipinski definition) is 2. The van der Waals surface area contributed by atoms with Crippen molar-refractivity contribution >= 4 is 15.9 Å². The standard InChI is InChI=1S/C12H17BrN2/c13-11-3-1-2-10(8-11)12(15-14)7-6-9-4-5-9/h1-3,8-9,12,15H,4-7,14H2. The highest BCUT2D eigenvalue weighted by atomic mass is 79.9. The molecule has 1 aromatic rings. The normalized spacial score (nSPS) is 17.7. The summed E-state index contributed by atoms with van der Waals surface area (Å²) in [5.74, 6) is 6.56. The van der Waals surface area contributed by atoms with Crippen LogP contribution in [0.4, 0.5) is 0 Å². The predicted octanol–water partition coefficient (Wildman–Crippen LogP) is 3.14. The van der Waals surface area contributed by atoms with E-state index in [4.69, 9.17) is 5.84 Å². The Morgan fingerprint density at radius 2 is 2.27 bits per heavy atom. The summed E-state index contributed by atoms with van der Waals surface area (Å²) in [7, 11) is 0. The second-order valence-corrected chi connectivity index (χ2v) is 5.21. The van der Waals surface area contributed by atoms with Gasteiger partial charge in [-0.15, -0.1) is 0 Å². The van der Waals surface area contributed by atoms with E-state index in [1.54, 1.807) is 0 Å². The van der Waals surface area contributed by atoms with Gasteiger partial charge >= 0.3 is 0 Å². The average Bonchev–Trinajstić information content (AvgIpc) is 3.03. The van der Waals surface area contributed by atoms with Crippen molar-refractivity contribution in [3.63, 3.8) is 0 Å². The molecule has 0 radical (unpaired) electrons. The number of benzene rings is 1.